The summed E-state index contributed by atoms with van der Waals surface area (Å²) >= 11 is 0. The van der Waals surface area contributed by atoms with Crippen LogP contribution in [0.1, 0.15) is 56.2 Å². The molecule has 0 unspecified atom stereocenters. The highest BCUT2D eigenvalue weighted by Crippen LogP contribution is 2.42. The van der Waals surface area contributed by atoms with Crippen molar-refractivity contribution in [3.63, 3.8) is 0 Å². The van der Waals surface area contributed by atoms with Gasteiger partial charge in [0, 0.05) is 28.5 Å². The number of fused-ring (bicyclic) bond motifs is 3. The summed E-state index contributed by atoms with van der Waals surface area (Å²) in [6.45, 7) is 11.3. The normalized spacial score (nSPS) is 11.8. The summed E-state index contributed by atoms with van der Waals surface area (Å²) in [5.41, 5.74) is 13.1. The van der Waals surface area contributed by atoms with E-state index in [-0.39, 0.29) is 0 Å². The summed E-state index contributed by atoms with van der Waals surface area (Å²) in [5.74, 6) is 0.876. The standard InChI is InChI=1S/C37H36NO/c1-23(2)28-14-10-15-29(24(3)4)35(28)27-20-21-38(6)33(22-27)34-25(5)18-19-32-31-17-11-16-30(36(31)39-37(32)34)26-12-8-7-9-13-26/h7-24H,1-6H3/q+1. The first-order chi connectivity index (χ1) is 18.8. The van der Waals surface area contributed by atoms with Gasteiger partial charge in [-0.1, -0.05) is 107 Å². The molecule has 0 saturated heterocycles. The van der Waals surface area contributed by atoms with Crippen LogP contribution in [0, 0.1) is 6.92 Å². The SMILES string of the molecule is Cc1ccc2c(oc3c(-c4ccccc4)cccc32)c1-c1cc(-c2c(C(C)C)cccc2C(C)C)cc[n+]1C. The zero-order valence-electron chi connectivity index (χ0n) is 23.7. The molecule has 0 N–H and O–H groups in total. The molecule has 0 amide bonds. The zero-order chi connectivity index (χ0) is 27.3. The number of aryl methyl sites for hydroxylation is 2. The van der Waals surface area contributed by atoms with Crippen LogP contribution in [0.25, 0.3) is 55.4 Å². The third kappa shape index (κ3) is 4.25. The fourth-order valence-corrected chi connectivity index (χ4v) is 5.98. The molecule has 0 spiro atoms. The first-order valence-corrected chi connectivity index (χ1v) is 14.0. The van der Waals surface area contributed by atoms with Crippen LogP contribution in [0.4, 0.5) is 0 Å². The summed E-state index contributed by atoms with van der Waals surface area (Å²) in [6.07, 6.45) is 2.20. The van der Waals surface area contributed by atoms with Crippen molar-refractivity contribution in [2.75, 3.05) is 0 Å². The van der Waals surface area contributed by atoms with Crippen LogP contribution >= 0.6 is 0 Å². The van der Waals surface area contributed by atoms with E-state index in [0.717, 1.165) is 38.8 Å². The molecule has 0 aliphatic carbocycles. The Morgan fingerprint density at radius 3 is 1.97 bits per heavy atom. The first kappa shape index (κ1) is 25.1. The van der Waals surface area contributed by atoms with Crippen molar-refractivity contribution in [3.8, 4) is 33.5 Å². The van der Waals surface area contributed by atoms with Crippen molar-refractivity contribution >= 4 is 21.9 Å². The van der Waals surface area contributed by atoms with Gasteiger partial charge in [-0.25, -0.2) is 4.57 Å². The number of furan rings is 1. The highest BCUT2D eigenvalue weighted by Gasteiger charge is 2.24. The van der Waals surface area contributed by atoms with Crippen molar-refractivity contribution in [1.29, 1.82) is 0 Å². The van der Waals surface area contributed by atoms with Crippen LogP contribution < -0.4 is 4.57 Å². The van der Waals surface area contributed by atoms with E-state index in [1.54, 1.807) is 0 Å². The van der Waals surface area contributed by atoms with Crippen LogP contribution in [0.3, 0.4) is 0 Å². The third-order valence-electron chi connectivity index (χ3n) is 8.03. The summed E-state index contributed by atoms with van der Waals surface area (Å²) < 4.78 is 9.04. The minimum absolute atomic E-state index is 0.438. The lowest BCUT2D eigenvalue weighted by atomic mass is 9.85. The number of hydrogen-bond donors (Lipinski definition) is 0. The quantitative estimate of drug-likeness (QED) is 0.211. The zero-order valence-corrected chi connectivity index (χ0v) is 23.7. The smallest absolute Gasteiger partial charge is 0.216 e. The molecule has 0 radical (unpaired) electrons. The van der Waals surface area contributed by atoms with E-state index in [9.17, 15) is 0 Å². The third-order valence-corrected chi connectivity index (χ3v) is 8.03. The fraction of sp³-hybridized carbons (Fsp3) is 0.216. The van der Waals surface area contributed by atoms with Gasteiger partial charge < -0.3 is 4.42 Å². The molecular weight excluding hydrogens is 474 g/mol. The summed E-state index contributed by atoms with van der Waals surface area (Å²) in [4.78, 5) is 0. The molecule has 6 rings (SSSR count). The lowest BCUT2D eigenvalue weighted by Gasteiger charge is -2.20. The summed E-state index contributed by atoms with van der Waals surface area (Å²) in [7, 11) is 2.13. The van der Waals surface area contributed by atoms with Gasteiger partial charge >= 0.3 is 0 Å². The molecule has 194 valence electrons. The monoisotopic (exact) mass is 510 g/mol. The van der Waals surface area contributed by atoms with Gasteiger partial charge in [-0.3, -0.25) is 0 Å². The van der Waals surface area contributed by atoms with Gasteiger partial charge in [0.1, 0.15) is 18.2 Å². The van der Waals surface area contributed by atoms with E-state index >= 15 is 0 Å². The molecule has 2 heteroatoms. The van der Waals surface area contributed by atoms with Gasteiger partial charge in [0.25, 0.3) is 0 Å². The van der Waals surface area contributed by atoms with Gasteiger partial charge in [-0.15, -0.1) is 0 Å². The highest BCUT2D eigenvalue weighted by atomic mass is 16.3. The van der Waals surface area contributed by atoms with Gasteiger partial charge in [0.2, 0.25) is 5.69 Å². The first-order valence-electron chi connectivity index (χ1n) is 14.0. The highest BCUT2D eigenvalue weighted by molar-refractivity contribution is 6.13. The maximum atomic E-state index is 6.82. The van der Waals surface area contributed by atoms with E-state index in [2.05, 4.69) is 143 Å². The van der Waals surface area contributed by atoms with E-state index < -0.39 is 0 Å². The average molecular weight is 511 g/mol. The molecule has 2 heterocycles. The van der Waals surface area contributed by atoms with E-state index in [1.165, 1.54) is 33.4 Å². The van der Waals surface area contributed by atoms with Gasteiger partial charge in [-0.2, -0.15) is 0 Å². The number of rotatable bonds is 5. The number of hydrogen-bond acceptors (Lipinski definition) is 1. The minimum atomic E-state index is 0.438. The predicted octanol–water partition coefficient (Wildman–Crippen LogP) is 9.97. The molecule has 39 heavy (non-hydrogen) atoms. The number of pyridine rings is 1. The Morgan fingerprint density at radius 1 is 0.615 bits per heavy atom. The predicted molar refractivity (Wildman–Crippen MR) is 164 cm³/mol. The second kappa shape index (κ2) is 9.85. The van der Waals surface area contributed by atoms with Crippen LogP contribution in [0.2, 0.25) is 0 Å². The molecule has 0 aliphatic rings. The number of benzene rings is 4. The van der Waals surface area contributed by atoms with Crippen LogP contribution in [0.15, 0.2) is 102 Å². The maximum absolute atomic E-state index is 6.82. The minimum Gasteiger partial charge on any atom is -0.454 e. The molecule has 0 fully saturated rings. The number of para-hydroxylation sites is 1. The van der Waals surface area contributed by atoms with E-state index in [0.29, 0.717) is 11.8 Å². The topological polar surface area (TPSA) is 17.0 Å². The lowest BCUT2D eigenvalue weighted by Crippen LogP contribution is -2.30. The molecule has 4 aromatic carbocycles. The molecule has 0 aliphatic heterocycles. The van der Waals surface area contributed by atoms with Gasteiger partial charge in [0.05, 0.1) is 5.56 Å². The lowest BCUT2D eigenvalue weighted by molar-refractivity contribution is -0.660. The Kier molecular flexibility index (Phi) is 6.35. The molecule has 0 bridgehead atoms. The van der Waals surface area contributed by atoms with Crippen LogP contribution in [-0.2, 0) is 7.05 Å². The Hall–Kier alpha value is -4.17. The molecular formula is C37H36NO+. The fourth-order valence-electron chi connectivity index (χ4n) is 5.98. The Bertz CT molecular complexity index is 1800. The van der Waals surface area contributed by atoms with Gasteiger partial charge in [0.15, 0.2) is 6.20 Å². The maximum Gasteiger partial charge on any atom is 0.216 e. The average Bonchev–Trinajstić information content (AvgIpc) is 3.32. The van der Waals surface area contributed by atoms with Crippen molar-refractivity contribution in [3.05, 3.63) is 114 Å². The van der Waals surface area contributed by atoms with Crippen LogP contribution in [-0.4, -0.2) is 0 Å². The van der Waals surface area contributed by atoms with Crippen molar-refractivity contribution in [2.24, 2.45) is 7.05 Å². The van der Waals surface area contributed by atoms with E-state index in [1.807, 2.05) is 0 Å². The second-order valence-corrected chi connectivity index (χ2v) is 11.3. The van der Waals surface area contributed by atoms with Crippen LogP contribution in [0.5, 0.6) is 0 Å². The number of aromatic nitrogens is 1. The van der Waals surface area contributed by atoms with Crippen molar-refractivity contribution < 1.29 is 8.98 Å². The Labute approximate surface area is 231 Å². The summed E-state index contributed by atoms with van der Waals surface area (Å²) in [5, 5.41) is 2.30. The largest absolute Gasteiger partial charge is 0.454 e. The number of nitrogens with zero attached hydrogens (tertiary/aromatic N) is 1. The van der Waals surface area contributed by atoms with Crippen molar-refractivity contribution in [1.82, 2.24) is 0 Å². The molecule has 2 aromatic heterocycles. The molecule has 2 nitrogen and oxygen atoms in total. The van der Waals surface area contributed by atoms with Gasteiger partial charge in [-0.05, 0) is 52.1 Å². The molecule has 0 atom stereocenters. The Balaban J connectivity index is 1.63. The van der Waals surface area contributed by atoms with E-state index in [4.69, 9.17) is 4.42 Å². The summed E-state index contributed by atoms with van der Waals surface area (Å²) in [6, 6.07) is 32.8. The molecule has 6 aromatic rings. The molecule has 0 saturated carbocycles. The second-order valence-electron chi connectivity index (χ2n) is 11.3. The van der Waals surface area contributed by atoms with Crippen molar-refractivity contribution in [2.45, 2.75) is 46.5 Å². The Morgan fingerprint density at radius 2 is 1.28 bits per heavy atom.